The van der Waals surface area contributed by atoms with Crippen LogP contribution in [0.5, 0.6) is 0 Å². The van der Waals surface area contributed by atoms with E-state index in [1.807, 2.05) is 0 Å². The summed E-state index contributed by atoms with van der Waals surface area (Å²) in [5, 5.41) is 6.94. The summed E-state index contributed by atoms with van der Waals surface area (Å²) in [4.78, 5) is 0. The minimum Gasteiger partial charge on any atom is -0.317 e. The third kappa shape index (κ3) is 0.867. The summed E-state index contributed by atoms with van der Waals surface area (Å²) in [7, 11) is 2.09. The number of hydrogen-bond acceptors (Lipinski definition) is 2. The summed E-state index contributed by atoms with van der Waals surface area (Å²) >= 11 is 0. The van der Waals surface area contributed by atoms with Crippen LogP contribution in [-0.4, -0.2) is 25.7 Å². The molecular weight excluding hydrogens is 124 g/mol. The molecular formula is C8H16N2. The van der Waals surface area contributed by atoms with Crippen LogP contribution in [0.4, 0.5) is 0 Å². The van der Waals surface area contributed by atoms with Crippen molar-refractivity contribution in [2.45, 2.75) is 31.3 Å². The molecule has 2 aliphatic rings. The molecule has 1 aliphatic heterocycles. The first-order valence-electron chi connectivity index (χ1n) is 4.32. The molecule has 0 aromatic carbocycles. The van der Waals surface area contributed by atoms with Crippen molar-refractivity contribution in [3.05, 3.63) is 0 Å². The van der Waals surface area contributed by atoms with E-state index in [4.69, 9.17) is 0 Å². The highest BCUT2D eigenvalue weighted by atomic mass is 15.0. The standard InChI is InChI=1S/C8H16N2/c1-9-7-4-5-10-8-3-2-6(7)8/h6-10H,2-5H2,1H3. The highest BCUT2D eigenvalue weighted by molar-refractivity contribution is 4.97. The molecule has 1 saturated heterocycles. The third-order valence-electron chi connectivity index (χ3n) is 3.08. The van der Waals surface area contributed by atoms with E-state index in [1.54, 1.807) is 0 Å². The van der Waals surface area contributed by atoms with Gasteiger partial charge in [-0.1, -0.05) is 0 Å². The molecule has 2 N–H and O–H groups in total. The van der Waals surface area contributed by atoms with Gasteiger partial charge >= 0.3 is 0 Å². The second-order valence-electron chi connectivity index (χ2n) is 3.49. The van der Waals surface area contributed by atoms with Crippen LogP contribution in [0, 0.1) is 5.92 Å². The maximum absolute atomic E-state index is 3.54. The van der Waals surface area contributed by atoms with Gasteiger partial charge in [0.25, 0.3) is 0 Å². The third-order valence-corrected chi connectivity index (χ3v) is 3.08. The average Bonchev–Trinajstić information content (AvgIpc) is 1.91. The van der Waals surface area contributed by atoms with E-state index in [9.17, 15) is 0 Å². The lowest BCUT2D eigenvalue weighted by Crippen LogP contribution is -2.58. The first-order valence-corrected chi connectivity index (χ1v) is 4.32. The molecule has 0 amide bonds. The minimum absolute atomic E-state index is 0.806. The van der Waals surface area contributed by atoms with Gasteiger partial charge in [0.05, 0.1) is 0 Å². The molecule has 1 heterocycles. The van der Waals surface area contributed by atoms with E-state index in [0.29, 0.717) is 0 Å². The van der Waals surface area contributed by atoms with E-state index >= 15 is 0 Å². The van der Waals surface area contributed by atoms with Gasteiger partial charge < -0.3 is 10.6 Å². The lowest BCUT2D eigenvalue weighted by atomic mass is 9.71. The number of rotatable bonds is 1. The maximum atomic E-state index is 3.54. The fourth-order valence-corrected chi connectivity index (χ4v) is 2.26. The minimum atomic E-state index is 0.806. The van der Waals surface area contributed by atoms with Gasteiger partial charge in [-0.3, -0.25) is 0 Å². The Hall–Kier alpha value is -0.0800. The monoisotopic (exact) mass is 140 g/mol. The molecule has 0 spiro atoms. The highest BCUT2D eigenvalue weighted by Crippen LogP contribution is 2.33. The van der Waals surface area contributed by atoms with Gasteiger partial charge in [-0.15, -0.1) is 0 Å². The van der Waals surface area contributed by atoms with Crippen molar-refractivity contribution < 1.29 is 0 Å². The summed E-state index contributed by atoms with van der Waals surface area (Å²) in [5.74, 6) is 0.943. The molecule has 0 aromatic rings. The molecule has 1 aliphatic carbocycles. The predicted molar refractivity (Wildman–Crippen MR) is 42.0 cm³/mol. The van der Waals surface area contributed by atoms with Crippen molar-refractivity contribution in [1.29, 1.82) is 0 Å². The van der Waals surface area contributed by atoms with Crippen LogP contribution in [-0.2, 0) is 0 Å². The van der Waals surface area contributed by atoms with E-state index in [1.165, 1.54) is 25.8 Å². The summed E-state index contributed by atoms with van der Waals surface area (Å²) in [5.41, 5.74) is 0. The number of piperidine rings is 1. The van der Waals surface area contributed by atoms with Crippen LogP contribution < -0.4 is 10.6 Å². The Balaban J connectivity index is 1.94. The number of fused-ring (bicyclic) bond motifs is 1. The first-order chi connectivity index (χ1) is 4.92. The van der Waals surface area contributed by atoms with Crippen molar-refractivity contribution in [3.8, 4) is 0 Å². The molecule has 58 valence electrons. The molecule has 2 fully saturated rings. The molecule has 1 saturated carbocycles. The van der Waals surface area contributed by atoms with Gasteiger partial charge in [-0.25, -0.2) is 0 Å². The van der Waals surface area contributed by atoms with E-state index in [0.717, 1.165) is 18.0 Å². The van der Waals surface area contributed by atoms with Crippen molar-refractivity contribution in [2.75, 3.05) is 13.6 Å². The van der Waals surface area contributed by atoms with Gasteiger partial charge in [-0.2, -0.15) is 0 Å². The van der Waals surface area contributed by atoms with Crippen LogP contribution in [0.3, 0.4) is 0 Å². The fraction of sp³-hybridized carbons (Fsp3) is 1.00. The van der Waals surface area contributed by atoms with Crippen molar-refractivity contribution >= 4 is 0 Å². The number of hydrogen-bond donors (Lipinski definition) is 2. The Labute approximate surface area is 62.4 Å². The van der Waals surface area contributed by atoms with E-state index in [2.05, 4.69) is 17.7 Å². The SMILES string of the molecule is CNC1CCNC2CCC12. The van der Waals surface area contributed by atoms with Crippen molar-refractivity contribution in [1.82, 2.24) is 10.6 Å². The quantitative estimate of drug-likeness (QED) is 0.549. The predicted octanol–water partition coefficient (Wildman–Crippen LogP) is 0.346. The maximum Gasteiger partial charge on any atom is 0.0119 e. The van der Waals surface area contributed by atoms with Crippen molar-refractivity contribution in [2.24, 2.45) is 5.92 Å². The Morgan fingerprint density at radius 2 is 2.20 bits per heavy atom. The molecule has 0 radical (unpaired) electrons. The van der Waals surface area contributed by atoms with Crippen LogP contribution in [0.2, 0.25) is 0 Å². The molecule has 3 atom stereocenters. The Morgan fingerprint density at radius 1 is 1.30 bits per heavy atom. The van der Waals surface area contributed by atoms with Crippen LogP contribution in [0.1, 0.15) is 19.3 Å². The first kappa shape index (κ1) is 6.62. The summed E-state index contributed by atoms with van der Waals surface area (Å²) < 4.78 is 0. The van der Waals surface area contributed by atoms with Crippen LogP contribution in [0.15, 0.2) is 0 Å². The van der Waals surface area contributed by atoms with Gasteiger partial charge in [-0.05, 0) is 38.8 Å². The average molecular weight is 140 g/mol. The topological polar surface area (TPSA) is 24.1 Å². The largest absolute Gasteiger partial charge is 0.317 e. The molecule has 10 heavy (non-hydrogen) atoms. The Kier molecular flexibility index (Phi) is 1.66. The number of nitrogens with one attached hydrogen (secondary N) is 2. The van der Waals surface area contributed by atoms with Gasteiger partial charge in [0, 0.05) is 12.1 Å². The zero-order valence-corrected chi connectivity index (χ0v) is 6.56. The Morgan fingerprint density at radius 3 is 2.70 bits per heavy atom. The molecule has 3 unspecified atom stereocenters. The lowest BCUT2D eigenvalue weighted by Gasteiger charge is -2.46. The molecule has 2 nitrogen and oxygen atoms in total. The molecule has 0 aromatic heterocycles. The second-order valence-corrected chi connectivity index (χ2v) is 3.49. The zero-order valence-electron chi connectivity index (χ0n) is 6.56. The Bertz CT molecular complexity index is 122. The summed E-state index contributed by atoms with van der Waals surface area (Å²) in [6.07, 6.45) is 4.16. The van der Waals surface area contributed by atoms with Crippen LogP contribution >= 0.6 is 0 Å². The smallest absolute Gasteiger partial charge is 0.0119 e. The summed E-state index contributed by atoms with van der Waals surface area (Å²) in [6.45, 7) is 1.21. The highest BCUT2D eigenvalue weighted by Gasteiger charge is 2.38. The molecule has 2 heteroatoms. The fourth-order valence-electron chi connectivity index (χ4n) is 2.26. The van der Waals surface area contributed by atoms with Crippen LogP contribution in [0.25, 0.3) is 0 Å². The summed E-state index contributed by atoms with van der Waals surface area (Å²) in [6, 6.07) is 1.66. The second kappa shape index (κ2) is 2.51. The lowest BCUT2D eigenvalue weighted by molar-refractivity contribution is 0.120. The molecule has 2 rings (SSSR count). The van der Waals surface area contributed by atoms with E-state index in [-0.39, 0.29) is 0 Å². The van der Waals surface area contributed by atoms with Crippen molar-refractivity contribution in [3.63, 3.8) is 0 Å². The van der Waals surface area contributed by atoms with Gasteiger partial charge in [0.1, 0.15) is 0 Å². The van der Waals surface area contributed by atoms with Gasteiger partial charge in [0.15, 0.2) is 0 Å². The molecule has 0 bridgehead atoms. The zero-order chi connectivity index (χ0) is 6.97. The normalized spacial score (nSPS) is 45.9. The van der Waals surface area contributed by atoms with E-state index < -0.39 is 0 Å². The van der Waals surface area contributed by atoms with Gasteiger partial charge in [0.2, 0.25) is 0 Å².